The average molecular weight is 280 g/mol. The van der Waals surface area contributed by atoms with Gasteiger partial charge in [-0.05, 0) is 26.0 Å². The van der Waals surface area contributed by atoms with Crippen LogP contribution >= 0.6 is 0 Å². The Hall–Kier alpha value is -2.56. The van der Waals surface area contributed by atoms with Crippen LogP contribution in [0.5, 0.6) is 0 Å². The lowest BCUT2D eigenvalue weighted by Crippen LogP contribution is -2.08. The first kappa shape index (κ1) is 13.4. The topological polar surface area (TPSA) is 60.7 Å². The highest BCUT2D eigenvalue weighted by Gasteiger charge is 2.15. The highest BCUT2D eigenvalue weighted by molar-refractivity contribution is 5.97. The molecular formula is C16H16N4O. The van der Waals surface area contributed by atoms with E-state index in [0.29, 0.717) is 11.5 Å². The predicted octanol–water partition coefficient (Wildman–Crippen LogP) is 2.58. The number of aromatic nitrogens is 4. The minimum Gasteiger partial charge on any atom is -0.292 e. The van der Waals surface area contributed by atoms with Gasteiger partial charge in [-0.15, -0.1) is 0 Å². The van der Waals surface area contributed by atoms with Crippen molar-refractivity contribution in [2.75, 3.05) is 0 Å². The Labute approximate surface area is 122 Å². The molecule has 3 aromatic rings. The summed E-state index contributed by atoms with van der Waals surface area (Å²) in [7, 11) is 0. The third-order valence-electron chi connectivity index (χ3n) is 3.42. The van der Waals surface area contributed by atoms with Crippen LogP contribution in [0.25, 0.3) is 10.9 Å². The number of hydrogen-bond acceptors (Lipinski definition) is 4. The lowest BCUT2D eigenvalue weighted by atomic mass is 10.1. The highest BCUT2D eigenvalue weighted by atomic mass is 16.1. The summed E-state index contributed by atoms with van der Waals surface area (Å²) in [4.78, 5) is 20.6. The van der Waals surface area contributed by atoms with Gasteiger partial charge in [0, 0.05) is 18.1 Å². The number of nitrogens with zero attached hydrogens (tertiary/aromatic N) is 4. The molecule has 5 heteroatoms. The van der Waals surface area contributed by atoms with Crippen molar-refractivity contribution in [1.29, 1.82) is 0 Å². The second-order valence-electron chi connectivity index (χ2n) is 4.87. The second-order valence-corrected chi connectivity index (χ2v) is 4.87. The maximum Gasteiger partial charge on any atom is 0.187 e. The number of fused-ring (bicyclic) bond motifs is 1. The number of hydrogen-bond donors (Lipinski definition) is 0. The van der Waals surface area contributed by atoms with Crippen molar-refractivity contribution in [3.8, 4) is 0 Å². The van der Waals surface area contributed by atoms with E-state index in [2.05, 4.69) is 15.1 Å². The van der Waals surface area contributed by atoms with Gasteiger partial charge in [0.25, 0.3) is 0 Å². The number of benzene rings is 1. The molecule has 1 aromatic carbocycles. The van der Waals surface area contributed by atoms with E-state index in [-0.39, 0.29) is 12.2 Å². The molecule has 0 aliphatic rings. The zero-order valence-corrected chi connectivity index (χ0v) is 12.1. The van der Waals surface area contributed by atoms with E-state index in [1.54, 1.807) is 19.2 Å². The first-order chi connectivity index (χ1) is 10.2. The SMILES string of the molecule is CCn1nc(CC(=O)c2ccnc(C)n2)c2ccccc21. The van der Waals surface area contributed by atoms with E-state index in [9.17, 15) is 4.79 Å². The van der Waals surface area contributed by atoms with E-state index in [1.807, 2.05) is 35.9 Å². The molecule has 2 aromatic heterocycles. The van der Waals surface area contributed by atoms with E-state index in [0.717, 1.165) is 23.1 Å². The second kappa shape index (κ2) is 5.44. The minimum absolute atomic E-state index is 0.0352. The molecule has 0 spiro atoms. The Morgan fingerprint density at radius 3 is 2.81 bits per heavy atom. The molecule has 0 bridgehead atoms. The Morgan fingerprint density at radius 2 is 2.05 bits per heavy atom. The molecule has 0 saturated heterocycles. The third kappa shape index (κ3) is 2.54. The molecule has 3 rings (SSSR count). The van der Waals surface area contributed by atoms with Crippen LogP contribution in [0.1, 0.15) is 28.9 Å². The van der Waals surface area contributed by atoms with Crippen molar-refractivity contribution in [2.24, 2.45) is 0 Å². The van der Waals surface area contributed by atoms with Gasteiger partial charge in [0.1, 0.15) is 11.5 Å². The van der Waals surface area contributed by atoms with Crippen molar-refractivity contribution in [2.45, 2.75) is 26.8 Å². The highest BCUT2D eigenvalue weighted by Crippen LogP contribution is 2.19. The van der Waals surface area contributed by atoms with Crippen molar-refractivity contribution in [3.63, 3.8) is 0 Å². The number of Topliss-reactive ketones (excluding diaryl/α,β-unsaturated/α-hetero) is 1. The average Bonchev–Trinajstić information content (AvgIpc) is 2.85. The molecule has 0 saturated carbocycles. The Kier molecular flexibility index (Phi) is 3.48. The van der Waals surface area contributed by atoms with Gasteiger partial charge in [-0.2, -0.15) is 5.10 Å². The molecular weight excluding hydrogens is 264 g/mol. The molecule has 106 valence electrons. The summed E-state index contributed by atoms with van der Waals surface area (Å²) in [5.74, 6) is 0.566. The number of carbonyl (C=O) groups is 1. The summed E-state index contributed by atoms with van der Waals surface area (Å²) in [5, 5.41) is 5.57. The number of para-hydroxylation sites is 1. The van der Waals surface area contributed by atoms with Crippen LogP contribution in [0.4, 0.5) is 0 Å². The largest absolute Gasteiger partial charge is 0.292 e. The van der Waals surface area contributed by atoms with E-state index in [1.165, 1.54) is 0 Å². The summed E-state index contributed by atoms with van der Waals surface area (Å²) in [6.07, 6.45) is 1.86. The van der Waals surface area contributed by atoms with Crippen molar-refractivity contribution >= 4 is 16.7 Å². The van der Waals surface area contributed by atoms with E-state index in [4.69, 9.17) is 0 Å². The smallest absolute Gasteiger partial charge is 0.187 e. The number of carbonyl (C=O) groups excluding carboxylic acids is 1. The summed E-state index contributed by atoms with van der Waals surface area (Å²) < 4.78 is 1.92. The first-order valence-corrected chi connectivity index (χ1v) is 6.96. The summed E-state index contributed by atoms with van der Waals surface area (Å²) in [5.41, 5.74) is 2.30. The fraction of sp³-hybridized carbons (Fsp3) is 0.250. The van der Waals surface area contributed by atoms with Crippen LogP contribution in [0, 0.1) is 6.92 Å². The van der Waals surface area contributed by atoms with Crippen LogP contribution in [0.15, 0.2) is 36.5 Å². The fourth-order valence-electron chi connectivity index (χ4n) is 2.42. The van der Waals surface area contributed by atoms with Gasteiger partial charge in [0.05, 0.1) is 17.6 Å². The number of rotatable bonds is 4. The Morgan fingerprint density at radius 1 is 1.24 bits per heavy atom. The zero-order valence-electron chi connectivity index (χ0n) is 12.1. The molecule has 0 fully saturated rings. The maximum atomic E-state index is 12.4. The van der Waals surface area contributed by atoms with Crippen molar-refractivity contribution in [1.82, 2.24) is 19.7 Å². The molecule has 0 atom stereocenters. The zero-order chi connectivity index (χ0) is 14.8. The summed E-state index contributed by atoms with van der Waals surface area (Å²) >= 11 is 0. The molecule has 2 heterocycles. The van der Waals surface area contributed by atoms with Gasteiger partial charge in [-0.3, -0.25) is 9.48 Å². The van der Waals surface area contributed by atoms with Crippen molar-refractivity contribution < 1.29 is 4.79 Å². The van der Waals surface area contributed by atoms with Crippen LogP contribution in [0.2, 0.25) is 0 Å². The molecule has 5 nitrogen and oxygen atoms in total. The Balaban J connectivity index is 1.97. The molecule has 0 aliphatic carbocycles. The van der Waals surface area contributed by atoms with E-state index >= 15 is 0 Å². The first-order valence-electron chi connectivity index (χ1n) is 6.96. The maximum absolute atomic E-state index is 12.4. The van der Waals surface area contributed by atoms with Gasteiger partial charge in [0.2, 0.25) is 0 Å². The van der Waals surface area contributed by atoms with Crippen LogP contribution in [-0.4, -0.2) is 25.5 Å². The lowest BCUT2D eigenvalue weighted by molar-refractivity contribution is 0.0987. The monoisotopic (exact) mass is 280 g/mol. The van der Waals surface area contributed by atoms with Gasteiger partial charge in [-0.1, -0.05) is 18.2 Å². The fourth-order valence-corrected chi connectivity index (χ4v) is 2.42. The molecule has 0 unspecified atom stereocenters. The van der Waals surface area contributed by atoms with Crippen molar-refractivity contribution in [3.05, 3.63) is 53.7 Å². The van der Waals surface area contributed by atoms with Gasteiger partial charge >= 0.3 is 0 Å². The summed E-state index contributed by atoms with van der Waals surface area (Å²) in [6, 6.07) is 9.62. The van der Waals surface area contributed by atoms with Crippen LogP contribution in [-0.2, 0) is 13.0 Å². The lowest BCUT2D eigenvalue weighted by Gasteiger charge is -1.99. The Bertz CT molecular complexity index is 807. The van der Waals surface area contributed by atoms with Gasteiger partial charge in [0.15, 0.2) is 5.78 Å². The standard InChI is InChI=1S/C16H16N4O/c1-3-20-15-7-5-4-6-12(15)14(19-20)10-16(21)13-8-9-17-11(2)18-13/h4-9H,3,10H2,1-2H3. The molecule has 0 N–H and O–H groups in total. The molecule has 0 aliphatic heterocycles. The third-order valence-corrected chi connectivity index (χ3v) is 3.42. The summed E-state index contributed by atoms with van der Waals surface area (Å²) in [6.45, 7) is 4.60. The van der Waals surface area contributed by atoms with E-state index < -0.39 is 0 Å². The minimum atomic E-state index is -0.0352. The van der Waals surface area contributed by atoms with Crippen LogP contribution in [0.3, 0.4) is 0 Å². The predicted molar refractivity (Wildman–Crippen MR) is 80.2 cm³/mol. The van der Waals surface area contributed by atoms with Crippen LogP contribution < -0.4 is 0 Å². The number of ketones is 1. The molecule has 0 amide bonds. The van der Waals surface area contributed by atoms with Gasteiger partial charge in [-0.25, -0.2) is 9.97 Å². The van der Waals surface area contributed by atoms with Gasteiger partial charge < -0.3 is 0 Å². The number of aryl methyl sites for hydroxylation is 2. The molecule has 21 heavy (non-hydrogen) atoms. The normalized spacial score (nSPS) is 11.0. The quantitative estimate of drug-likeness (QED) is 0.689. The molecule has 0 radical (unpaired) electrons.